The molecule has 0 radical (unpaired) electrons. The van der Waals surface area contributed by atoms with Crippen LogP contribution in [0.15, 0.2) is 0 Å². The van der Waals surface area contributed by atoms with Gasteiger partial charge in [0.2, 0.25) is 0 Å². The van der Waals surface area contributed by atoms with E-state index in [0.717, 1.165) is 24.2 Å². The smallest absolute Gasteiger partial charge is 0.407 e. The monoisotopic (exact) mass is 328 g/mol. The summed E-state index contributed by atoms with van der Waals surface area (Å²) < 4.78 is 5.16. The third kappa shape index (κ3) is 6.47. The largest absolute Gasteiger partial charge is 0.444 e. The highest BCUT2D eigenvalue weighted by Crippen LogP contribution is 2.20. The fraction of sp³-hybridized carbons (Fsp3) is 0.667. The SMILES string of the molecule is CCCc1nc(Cl)c(C)c(NCCNC(=O)OC(C)(C)C)n1. The van der Waals surface area contributed by atoms with E-state index < -0.39 is 11.7 Å². The third-order valence-corrected chi connectivity index (χ3v) is 3.06. The zero-order valence-corrected chi connectivity index (χ0v) is 14.7. The number of halogens is 1. The van der Waals surface area contributed by atoms with Crippen LogP contribution in [0.5, 0.6) is 0 Å². The number of rotatable bonds is 6. The highest BCUT2D eigenvalue weighted by Gasteiger charge is 2.15. The van der Waals surface area contributed by atoms with Crippen molar-refractivity contribution in [3.05, 3.63) is 16.5 Å². The molecule has 1 amide bonds. The number of aryl methyl sites for hydroxylation is 1. The number of amides is 1. The number of nitrogens with zero attached hydrogens (tertiary/aromatic N) is 2. The zero-order chi connectivity index (χ0) is 16.8. The van der Waals surface area contributed by atoms with E-state index >= 15 is 0 Å². The molecule has 0 atom stereocenters. The topological polar surface area (TPSA) is 76.1 Å². The molecule has 1 rings (SSSR count). The van der Waals surface area contributed by atoms with Gasteiger partial charge in [-0.1, -0.05) is 18.5 Å². The molecule has 0 aliphatic heterocycles. The lowest BCUT2D eigenvalue weighted by Crippen LogP contribution is -2.35. The minimum atomic E-state index is -0.497. The van der Waals surface area contributed by atoms with Crippen molar-refractivity contribution in [3.8, 4) is 0 Å². The second-order valence-electron chi connectivity index (χ2n) is 6.01. The summed E-state index contributed by atoms with van der Waals surface area (Å²) in [5.41, 5.74) is 0.308. The first kappa shape index (κ1) is 18.5. The summed E-state index contributed by atoms with van der Waals surface area (Å²) in [5, 5.41) is 6.31. The average molecular weight is 329 g/mol. The van der Waals surface area contributed by atoms with Crippen LogP contribution in [0, 0.1) is 6.92 Å². The third-order valence-electron chi connectivity index (χ3n) is 2.69. The number of alkyl carbamates (subject to hydrolysis) is 1. The van der Waals surface area contributed by atoms with E-state index in [0.29, 0.717) is 24.1 Å². The summed E-state index contributed by atoms with van der Waals surface area (Å²) >= 11 is 6.11. The molecule has 0 spiro atoms. The molecule has 0 unspecified atom stereocenters. The lowest BCUT2D eigenvalue weighted by molar-refractivity contribution is 0.0530. The van der Waals surface area contributed by atoms with Crippen LogP contribution in [0.25, 0.3) is 0 Å². The lowest BCUT2D eigenvalue weighted by Gasteiger charge is -2.19. The molecule has 0 fully saturated rings. The van der Waals surface area contributed by atoms with Gasteiger partial charge in [0.15, 0.2) is 0 Å². The average Bonchev–Trinajstić information content (AvgIpc) is 2.38. The Kier molecular flexibility index (Phi) is 6.87. The Morgan fingerprint density at radius 1 is 1.27 bits per heavy atom. The Hall–Kier alpha value is -1.56. The second kappa shape index (κ2) is 8.17. The highest BCUT2D eigenvalue weighted by molar-refractivity contribution is 6.30. The van der Waals surface area contributed by atoms with E-state index in [2.05, 4.69) is 27.5 Å². The molecule has 0 saturated carbocycles. The number of anilines is 1. The van der Waals surface area contributed by atoms with Crippen molar-refractivity contribution in [1.82, 2.24) is 15.3 Å². The van der Waals surface area contributed by atoms with Crippen molar-refractivity contribution in [1.29, 1.82) is 0 Å². The molecule has 22 heavy (non-hydrogen) atoms. The molecule has 1 aromatic heterocycles. The van der Waals surface area contributed by atoms with E-state index in [-0.39, 0.29) is 0 Å². The van der Waals surface area contributed by atoms with Crippen molar-refractivity contribution in [3.63, 3.8) is 0 Å². The molecule has 1 aromatic rings. The maximum Gasteiger partial charge on any atom is 0.407 e. The van der Waals surface area contributed by atoms with Crippen LogP contribution >= 0.6 is 11.6 Å². The summed E-state index contributed by atoms with van der Waals surface area (Å²) in [5.74, 6) is 1.43. The molecule has 6 nitrogen and oxygen atoms in total. The lowest BCUT2D eigenvalue weighted by atomic mass is 10.2. The summed E-state index contributed by atoms with van der Waals surface area (Å²) in [6, 6.07) is 0. The Bertz CT molecular complexity index is 515. The normalized spacial score (nSPS) is 11.2. The molecule has 0 bridgehead atoms. The minimum Gasteiger partial charge on any atom is -0.444 e. The fourth-order valence-electron chi connectivity index (χ4n) is 1.70. The quantitative estimate of drug-likeness (QED) is 0.618. The molecule has 1 heterocycles. The first-order valence-corrected chi connectivity index (χ1v) is 7.84. The number of aromatic nitrogens is 2. The van der Waals surface area contributed by atoms with Crippen LogP contribution in [0.2, 0.25) is 5.15 Å². The van der Waals surface area contributed by atoms with E-state index in [4.69, 9.17) is 16.3 Å². The molecular weight excluding hydrogens is 304 g/mol. The predicted octanol–water partition coefficient (Wildman–Crippen LogP) is 3.33. The van der Waals surface area contributed by atoms with Gasteiger partial charge in [0, 0.05) is 25.1 Å². The number of hydrogen-bond acceptors (Lipinski definition) is 5. The van der Waals surface area contributed by atoms with Gasteiger partial charge in [-0.3, -0.25) is 0 Å². The molecule has 2 N–H and O–H groups in total. The van der Waals surface area contributed by atoms with Gasteiger partial charge in [-0.05, 0) is 34.1 Å². The van der Waals surface area contributed by atoms with E-state index in [1.165, 1.54) is 0 Å². The molecule has 0 saturated heterocycles. The van der Waals surface area contributed by atoms with Gasteiger partial charge in [-0.15, -0.1) is 0 Å². The zero-order valence-electron chi connectivity index (χ0n) is 13.9. The summed E-state index contributed by atoms with van der Waals surface area (Å²) in [4.78, 5) is 20.2. The van der Waals surface area contributed by atoms with E-state index in [9.17, 15) is 4.79 Å². The highest BCUT2D eigenvalue weighted by atomic mass is 35.5. The Morgan fingerprint density at radius 3 is 2.55 bits per heavy atom. The Balaban J connectivity index is 2.49. The predicted molar refractivity (Wildman–Crippen MR) is 88.5 cm³/mol. The summed E-state index contributed by atoms with van der Waals surface area (Å²) in [6.45, 7) is 10.4. The van der Waals surface area contributed by atoms with Crippen molar-refractivity contribution >= 4 is 23.5 Å². The van der Waals surface area contributed by atoms with Crippen molar-refractivity contribution in [2.45, 2.75) is 53.1 Å². The molecule has 0 aromatic carbocycles. The molecule has 0 aliphatic carbocycles. The molecule has 0 aliphatic rings. The minimum absolute atomic E-state index is 0.430. The number of hydrogen-bond donors (Lipinski definition) is 2. The van der Waals surface area contributed by atoms with Crippen molar-refractivity contribution in [2.75, 3.05) is 18.4 Å². The maximum absolute atomic E-state index is 11.5. The van der Waals surface area contributed by atoms with Crippen LogP contribution in [0.4, 0.5) is 10.6 Å². The molecule has 124 valence electrons. The number of carbonyl (C=O) groups excluding carboxylic acids is 1. The van der Waals surface area contributed by atoms with Gasteiger partial charge >= 0.3 is 6.09 Å². The summed E-state index contributed by atoms with van der Waals surface area (Å²) in [6.07, 6.45) is 1.31. The number of carbonyl (C=O) groups is 1. The first-order valence-electron chi connectivity index (χ1n) is 7.46. The van der Waals surface area contributed by atoms with Gasteiger partial charge in [-0.25, -0.2) is 14.8 Å². The standard InChI is InChI=1S/C15H25ClN4O2/c1-6-7-11-19-12(16)10(2)13(20-11)17-8-9-18-14(21)22-15(3,4)5/h6-9H2,1-5H3,(H,18,21)(H,17,19,20). The van der Waals surface area contributed by atoms with Crippen LogP contribution in [0.1, 0.15) is 45.5 Å². The van der Waals surface area contributed by atoms with E-state index in [1.807, 2.05) is 27.7 Å². The van der Waals surface area contributed by atoms with E-state index in [1.54, 1.807) is 0 Å². The molecule has 7 heteroatoms. The van der Waals surface area contributed by atoms with Crippen LogP contribution in [-0.2, 0) is 11.2 Å². The maximum atomic E-state index is 11.5. The van der Waals surface area contributed by atoms with Gasteiger partial charge in [0.05, 0.1) is 0 Å². The number of ether oxygens (including phenoxy) is 1. The van der Waals surface area contributed by atoms with Crippen LogP contribution in [0.3, 0.4) is 0 Å². The van der Waals surface area contributed by atoms with Gasteiger partial charge < -0.3 is 15.4 Å². The Labute approximate surface area is 137 Å². The van der Waals surface area contributed by atoms with Crippen molar-refractivity contribution < 1.29 is 9.53 Å². The fourth-order valence-corrected chi connectivity index (χ4v) is 1.89. The van der Waals surface area contributed by atoms with Gasteiger partial charge in [0.1, 0.15) is 22.4 Å². The van der Waals surface area contributed by atoms with Gasteiger partial charge in [0.25, 0.3) is 0 Å². The number of nitrogens with one attached hydrogen (secondary N) is 2. The second-order valence-corrected chi connectivity index (χ2v) is 6.37. The first-order chi connectivity index (χ1) is 10.2. The van der Waals surface area contributed by atoms with Gasteiger partial charge in [-0.2, -0.15) is 0 Å². The molecular formula is C15H25ClN4O2. The van der Waals surface area contributed by atoms with Crippen molar-refractivity contribution in [2.24, 2.45) is 0 Å². The van der Waals surface area contributed by atoms with Crippen LogP contribution < -0.4 is 10.6 Å². The Morgan fingerprint density at radius 2 is 1.95 bits per heavy atom. The van der Waals surface area contributed by atoms with Crippen LogP contribution in [-0.4, -0.2) is 34.8 Å². The summed E-state index contributed by atoms with van der Waals surface area (Å²) in [7, 11) is 0.